The van der Waals surface area contributed by atoms with Crippen molar-refractivity contribution >= 4 is 24.9 Å². The molecule has 0 aliphatic heterocycles. The molecular weight excluding hydrogens is 307 g/mol. The first-order valence-electron chi connectivity index (χ1n) is 9.34. The molecule has 0 aromatic rings. The van der Waals surface area contributed by atoms with Crippen LogP contribution in [-0.2, 0) is 14.0 Å². The zero-order chi connectivity index (χ0) is 17.3. The second-order valence-electron chi connectivity index (χ2n) is 7.02. The Morgan fingerprint density at radius 1 is 0.739 bits per heavy atom. The van der Waals surface area contributed by atoms with Gasteiger partial charge >= 0.3 is 7.32 Å². The van der Waals surface area contributed by atoms with Crippen molar-refractivity contribution < 1.29 is 14.0 Å². The van der Waals surface area contributed by atoms with E-state index in [1.807, 2.05) is 0 Å². The lowest BCUT2D eigenvalue weighted by Crippen LogP contribution is -2.29. The van der Waals surface area contributed by atoms with Gasteiger partial charge in [0.2, 0.25) is 0 Å². The van der Waals surface area contributed by atoms with E-state index >= 15 is 0 Å². The lowest BCUT2D eigenvalue weighted by Gasteiger charge is -2.14. The lowest BCUT2D eigenvalue weighted by molar-refractivity contribution is 0.102. The van der Waals surface area contributed by atoms with Gasteiger partial charge in [-0.05, 0) is 24.7 Å². The Bertz CT molecular complexity index is 243. The van der Waals surface area contributed by atoms with Crippen molar-refractivity contribution in [3.05, 3.63) is 0 Å². The normalized spacial score (nSPS) is 11.4. The summed E-state index contributed by atoms with van der Waals surface area (Å²) in [6.45, 7) is 10.8. The average molecular weight is 344 g/mol. The van der Waals surface area contributed by atoms with Gasteiger partial charge in [0.05, 0.1) is 6.61 Å². The number of rotatable bonds is 17. The molecule has 0 radical (unpaired) electrons. The zero-order valence-corrected chi connectivity index (χ0v) is 16.5. The van der Waals surface area contributed by atoms with Crippen LogP contribution in [0.5, 0.6) is 0 Å². The molecule has 23 heavy (non-hydrogen) atoms. The Labute approximate surface area is 150 Å². The standard InChI is InChI=1S/C18H37BO3S/c1-17(2)11-7-5-9-13-20-19(22-15-16-23)21-14-10-6-8-12-18(3)4/h16-18H,5-15H2,1-4H3. The molecule has 0 fully saturated rings. The summed E-state index contributed by atoms with van der Waals surface area (Å²) in [5.41, 5.74) is 0. The predicted molar refractivity (Wildman–Crippen MR) is 104 cm³/mol. The van der Waals surface area contributed by atoms with Crippen molar-refractivity contribution in [3.8, 4) is 0 Å². The molecule has 0 saturated carbocycles. The quantitative estimate of drug-likeness (QED) is 0.199. The summed E-state index contributed by atoms with van der Waals surface area (Å²) in [5, 5.41) is 1.56. The smallest absolute Gasteiger partial charge is 0.386 e. The molecule has 0 heterocycles. The van der Waals surface area contributed by atoms with Crippen LogP contribution in [0, 0.1) is 11.8 Å². The van der Waals surface area contributed by atoms with Crippen LogP contribution < -0.4 is 0 Å². The van der Waals surface area contributed by atoms with Crippen LogP contribution in [0.25, 0.3) is 0 Å². The first-order valence-corrected chi connectivity index (χ1v) is 9.81. The third-order valence-electron chi connectivity index (χ3n) is 3.66. The molecule has 0 aliphatic rings. The van der Waals surface area contributed by atoms with Gasteiger partial charge in [0.25, 0.3) is 0 Å². The Kier molecular flexibility index (Phi) is 16.9. The fourth-order valence-corrected chi connectivity index (χ4v) is 2.36. The van der Waals surface area contributed by atoms with E-state index in [2.05, 4.69) is 27.7 Å². The van der Waals surface area contributed by atoms with Gasteiger partial charge in [-0.2, -0.15) is 0 Å². The molecule has 0 amide bonds. The molecule has 0 rings (SSSR count). The molecule has 0 bridgehead atoms. The minimum Gasteiger partial charge on any atom is -0.386 e. The Morgan fingerprint density at radius 2 is 1.22 bits per heavy atom. The van der Waals surface area contributed by atoms with Crippen molar-refractivity contribution in [3.63, 3.8) is 0 Å². The van der Waals surface area contributed by atoms with Crippen LogP contribution in [-0.4, -0.2) is 32.5 Å². The number of hydrogen-bond donors (Lipinski definition) is 0. The molecule has 0 N–H and O–H groups in total. The number of unbranched alkanes of at least 4 members (excludes halogenated alkanes) is 4. The summed E-state index contributed by atoms with van der Waals surface area (Å²) in [4.78, 5) is 0. The fraction of sp³-hybridized carbons (Fsp3) is 0.944. The fourth-order valence-electron chi connectivity index (χ4n) is 2.28. The largest absolute Gasteiger partial charge is 0.639 e. The first kappa shape index (κ1) is 23.0. The Morgan fingerprint density at radius 3 is 1.61 bits per heavy atom. The highest BCUT2D eigenvalue weighted by molar-refractivity contribution is 7.79. The van der Waals surface area contributed by atoms with E-state index in [4.69, 9.17) is 26.2 Å². The van der Waals surface area contributed by atoms with E-state index in [-0.39, 0.29) is 0 Å². The van der Waals surface area contributed by atoms with Crippen LogP contribution in [0.2, 0.25) is 0 Å². The molecule has 0 aromatic heterocycles. The highest BCUT2D eigenvalue weighted by atomic mass is 32.1. The van der Waals surface area contributed by atoms with Gasteiger partial charge in [0.1, 0.15) is 0 Å². The van der Waals surface area contributed by atoms with Gasteiger partial charge < -0.3 is 14.0 Å². The summed E-state index contributed by atoms with van der Waals surface area (Å²) in [6, 6.07) is 0. The summed E-state index contributed by atoms with van der Waals surface area (Å²) in [5.74, 6) is 1.57. The van der Waals surface area contributed by atoms with Crippen LogP contribution in [0.3, 0.4) is 0 Å². The van der Waals surface area contributed by atoms with Gasteiger partial charge in [-0.3, -0.25) is 0 Å². The number of hydrogen-bond acceptors (Lipinski definition) is 4. The first-order chi connectivity index (χ1) is 11.1. The van der Waals surface area contributed by atoms with Crippen molar-refractivity contribution in [2.45, 2.75) is 79.1 Å². The van der Waals surface area contributed by atoms with E-state index in [9.17, 15) is 0 Å². The van der Waals surface area contributed by atoms with Crippen molar-refractivity contribution in [1.82, 2.24) is 0 Å². The van der Waals surface area contributed by atoms with Gasteiger partial charge in [-0.25, -0.2) is 0 Å². The van der Waals surface area contributed by atoms with Crippen LogP contribution >= 0.6 is 12.2 Å². The Hall–Kier alpha value is 0.0349. The lowest BCUT2D eigenvalue weighted by atomic mass is 10.1. The van der Waals surface area contributed by atoms with Crippen molar-refractivity contribution in [1.29, 1.82) is 0 Å². The van der Waals surface area contributed by atoms with Gasteiger partial charge in [0.15, 0.2) is 0 Å². The average Bonchev–Trinajstić information content (AvgIpc) is 2.50. The minimum atomic E-state index is -0.565. The van der Waals surface area contributed by atoms with Gasteiger partial charge in [-0.15, -0.1) is 0 Å². The maximum absolute atomic E-state index is 5.69. The molecule has 0 aromatic carbocycles. The molecule has 0 spiro atoms. The van der Waals surface area contributed by atoms with E-state index in [1.165, 1.54) is 38.5 Å². The van der Waals surface area contributed by atoms with Crippen LogP contribution in [0.1, 0.15) is 79.1 Å². The summed E-state index contributed by atoms with van der Waals surface area (Å²) in [6.07, 6.45) is 9.63. The summed E-state index contributed by atoms with van der Waals surface area (Å²) >= 11 is 4.80. The van der Waals surface area contributed by atoms with E-state index in [1.54, 1.807) is 5.37 Å². The molecular formula is C18H37BO3S. The van der Waals surface area contributed by atoms with Gasteiger partial charge in [0, 0.05) is 18.6 Å². The highest BCUT2D eigenvalue weighted by Crippen LogP contribution is 2.10. The van der Waals surface area contributed by atoms with E-state index in [0.29, 0.717) is 19.8 Å². The monoisotopic (exact) mass is 344 g/mol. The van der Waals surface area contributed by atoms with Gasteiger partial charge in [-0.1, -0.05) is 78.4 Å². The SMILES string of the molecule is CC(C)CCCCCOB(OCC=S)OCCCCCC(C)C. The second kappa shape index (κ2) is 16.9. The molecule has 0 atom stereocenters. The molecule has 136 valence electrons. The predicted octanol–water partition coefficient (Wildman–Crippen LogP) is 5.45. The molecule has 5 heteroatoms. The second-order valence-corrected chi connectivity index (χ2v) is 7.35. The number of thiocarbonyl (C=S) groups is 1. The highest BCUT2D eigenvalue weighted by Gasteiger charge is 2.20. The Balaban J connectivity index is 3.65. The van der Waals surface area contributed by atoms with E-state index < -0.39 is 7.32 Å². The zero-order valence-electron chi connectivity index (χ0n) is 15.7. The molecule has 0 unspecified atom stereocenters. The van der Waals surface area contributed by atoms with Crippen LogP contribution in [0.15, 0.2) is 0 Å². The molecule has 0 aliphatic carbocycles. The maximum Gasteiger partial charge on any atom is 0.639 e. The van der Waals surface area contributed by atoms with Crippen LogP contribution in [0.4, 0.5) is 0 Å². The minimum absolute atomic E-state index is 0.390. The van der Waals surface area contributed by atoms with Crippen molar-refractivity contribution in [2.24, 2.45) is 11.8 Å². The summed E-state index contributed by atoms with van der Waals surface area (Å²) < 4.78 is 16.8. The molecule has 3 nitrogen and oxygen atoms in total. The third-order valence-corrected chi connectivity index (χ3v) is 3.80. The summed E-state index contributed by atoms with van der Waals surface area (Å²) in [7, 11) is -0.565. The topological polar surface area (TPSA) is 27.7 Å². The third kappa shape index (κ3) is 18.2. The van der Waals surface area contributed by atoms with Crippen molar-refractivity contribution in [2.75, 3.05) is 19.8 Å². The van der Waals surface area contributed by atoms with E-state index in [0.717, 1.165) is 24.7 Å². The molecule has 0 saturated heterocycles. The maximum atomic E-state index is 5.69.